The van der Waals surface area contributed by atoms with Crippen LogP contribution in [-0.4, -0.2) is 26.9 Å². The Labute approximate surface area is 143 Å². The summed E-state index contributed by atoms with van der Waals surface area (Å²) in [7, 11) is 0. The molecule has 1 heterocycles. The Hall–Kier alpha value is -2.10. The number of benzene rings is 1. The molecule has 0 N–H and O–H groups in total. The molecule has 4 nitrogen and oxygen atoms in total. The second kappa shape index (κ2) is 6.80. The van der Waals surface area contributed by atoms with Gasteiger partial charge < -0.3 is 9.47 Å². The maximum absolute atomic E-state index is 12.8. The third kappa shape index (κ3) is 3.53. The first-order valence-electron chi connectivity index (χ1n) is 9.12. The maximum atomic E-state index is 12.8. The lowest BCUT2D eigenvalue weighted by Gasteiger charge is -2.31. The van der Waals surface area contributed by atoms with Crippen molar-refractivity contribution in [2.75, 3.05) is 6.54 Å². The summed E-state index contributed by atoms with van der Waals surface area (Å²) in [6.07, 6.45) is 9.75. The van der Waals surface area contributed by atoms with Crippen LogP contribution in [0.5, 0.6) is 0 Å². The van der Waals surface area contributed by atoms with Crippen LogP contribution in [-0.2, 0) is 17.9 Å². The molecule has 2 aromatic rings. The minimum absolute atomic E-state index is 0.265. The first-order valence-corrected chi connectivity index (χ1v) is 9.12. The molecule has 4 rings (SSSR count). The monoisotopic (exact) mass is 323 g/mol. The number of rotatable bonds is 7. The van der Waals surface area contributed by atoms with Crippen LogP contribution in [0.3, 0.4) is 0 Å². The largest absolute Gasteiger partial charge is 0.335 e. The second-order valence-electron chi connectivity index (χ2n) is 7.25. The molecule has 0 saturated heterocycles. The van der Waals surface area contributed by atoms with Gasteiger partial charge in [0.25, 0.3) is 0 Å². The molecule has 0 unspecified atom stereocenters. The van der Waals surface area contributed by atoms with E-state index in [1.165, 1.54) is 24.8 Å². The number of carbonyl (C=O) groups is 1. The fraction of sp³-hybridized carbons (Fsp3) is 0.500. The first kappa shape index (κ1) is 15.4. The second-order valence-corrected chi connectivity index (χ2v) is 7.25. The highest BCUT2D eigenvalue weighted by molar-refractivity contribution is 5.79. The standard InChI is InChI=1S/C20H25N3O/c24-20(18-7-4-8-18)23(14-17-9-10-17)15-19-21-11-12-22(19)13-16-5-2-1-3-6-16/h1-3,5-6,11-12,17-18H,4,7-10,13-15H2. The molecule has 2 aliphatic rings. The molecule has 1 amide bonds. The Morgan fingerprint density at radius 1 is 1.17 bits per heavy atom. The lowest BCUT2D eigenvalue weighted by Crippen LogP contribution is -2.40. The molecular weight excluding hydrogens is 298 g/mol. The van der Waals surface area contributed by atoms with Gasteiger partial charge in [-0.2, -0.15) is 0 Å². The molecule has 4 heteroatoms. The lowest BCUT2D eigenvalue weighted by atomic mass is 9.84. The molecule has 24 heavy (non-hydrogen) atoms. The molecule has 0 aliphatic heterocycles. The summed E-state index contributed by atoms with van der Waals surface area (Å²) in [5.41, 5.74) is 1.26. The van der Waals surface area contributed by atoms with Crippen LogP contribution in [0.15, 0.2) is 42.7 Å². The third-order valence-electron chi connectivity index (χ3n) is 5.27. The van der Waals surface area contributed by atoms with Crippen molar-refractivity contribution in [1.29, 1.82) is 0 Å². The van der Waals surface area contributed by atoms with Crippen LogP contribution in [0.4, 0.5) is 0 Å². The van der Waals surface area contributed by atoms with E-state index >= 15 is 0 Å². The summed E-state index contributed by atoms with van der Waals surface area (Å²) in [5, 5.41) is 0. The van der Waals surface area contributed by atoms with E-state index in [9.17, 15) is 4.79 Å². The first-order chi connectivity index (χ1) is 11.8. The van der Waals surface area contributed by atoms with Gasteiger partial charge in [-0.25, -0.2) is 4.98 Å². The number of amides is 1. The Kier molecular flexibility index (Phi) is 4.37. The van der Waals surface area contributed by atoms with Gasteiger partial charge in [0.05, 0.1) is 6.54 Å². The number of carbonyl (C=O) groups excluding carboxylic acids is 1. The van der Waals surface area contributed by atoms with Gasteiger partial charge in [0, 0.05) is 31.4 Å². The normalized spacial score (nSPS) is 17.5. The number of aromatic nitrogens is 2. The van der Waals surface area contributed by atoms with Gasteiger partial charge in [0.2, 0.25) is 5.91 Å². The van der Waals surface area contributed by atoms with Gasteiger partial charge >= 0.3 is 0 Å². The Bertz CT molecular complexity index is 686. The summed E-state index contributed by atoms with van der Waals surface area (Å²) in [5.74, 6) is 2.32. The van der Waals surface area contributed by atoms with Crippen LogP contribution in [0, 0.1) is 11.8 Å². The van der Waals surface area contributed by atoms with Crippen LogP contribution in [0.2, 0.25) is 0 Å². The summed E-state index contributed by atoms with van der Waals surface area (Å²) in [6.45, 7) is 2.37. The minimum atomic E-state index is 0.265. The zero-order valence-corrected chi connectivity index (χ0v) is 14.1. The number of hydrogen-bond donors (Lipinski definition) is 0. The van der Waals surface area contributed by atoms with Crippen molar-refractivity contribution < 1.29 is 4.79 Å². The van der Waals surface area contributed by atoms with E-state index in [1.807, 2.05) is 18.5 Å². The van der Waals surface area contributed by atoms with Crippen molar-refractivity contribution in [3.63, 3.8) is 0 Å². The zero-order valence-electron chi connectivity index (χ0n) is 14.1. The molecule has 126 valence electrons. The molecule has 0 spiro atoms. The van der Waals surface area contributed by atoms with Gasteiger partial charge in [0.1, 0.15) is 5.82 Å². The molecule has 1 aromatic carbocycles. The smallest absolute Gasteiger partial charge is 0.226 e. The average molecular weight is 323 g/mol. The van der Waals surface area contributed by atoms with Crippen molar-refractivity contribution in [1.82, 2.24) is 14.5 Å². The van der Waals surface area contributed by atoms with E-state index in [-0.39, 0.29) is 5.92 Å². The third-order valence-corrected chi connectivity index (χ3v) is 5.27. The Balaban J connectivity index is 1.47. The van der Waals surface area contributed by atoms with Crippen LogP contribution >= 0.6 is 0 Å². The molecule has 0 atom stereocenters. The topological polar surface area (TPSA) is 38.1 Å². The maximum Gasteiger partial charge on any atom is 0.226 e. The summed E-state index contributed by atoms with van der Waals surface area (Å²) in [4.78, 5) is 19.4. The summed E-state index contributed by atoms with van der Waals surface area (Å²) in [6, 6.07) is 10.4. The highest BCUT2D eigenvalue weighted by Crippen LogP contribution is 2.33. The van der Waals surface area contributed by atoms with E-state index in [2.05, 4.69) is 38.7 Å². The van der Waals surface area contributed by atoms with Gasteiger partial charge in [0.15, 0.2) is 0 Å². The molecule has 0 bridgehead atoms. The van der Waals surface area contributed by atoms with Crippen molar-refractivity contribution in [2.24, 2.45) is 11.8 Å². The van der Waals surface area contributed by atoms with E-state index in [4.69, 9.17) is 0 Å². The van der Waals surface area contributed by atoms with E-state index in [1.54, 1.807) is 0 Å². The van der Waals surface area contributed by atoms with Crippen molar-refractivity contribution in [3.8, 4) is 0 Å². The summed E-state index contributed by atoms with van der Waals surface area (Å²) >= 11 is 0. The van der Waals surface area contributed by atoms with Crippen LogP contribution in [0.25, 0.3) is 0 Å². The van der Waals surface area contributed by atoms with Crippen LogP contribution in [0.1, 0.15) is 43.5 Å². The highest BCUT2D eigenvalue weighted by atomic mass is 16.2. The Morgan fingerprint density at radius 3 is 2.62 bits per heavy atom. The SMILES string of the molecule is O=C(C1CCC1)N(Cc1nccn1Cc1ccccc1)CC1CC1. The fourth-order valence-electron chi connectivity index (χ4n) is 3.34. The predicted molar refractivity (Wildman–Crippen MR) is 93.3 cm³/mol. The predicted octanol–water partition coefficient (Wildman–Crippen LogP) is 3.47. The fourth-order valence-corrected chi connectivity index (χ4v) is 3.34. The lowest BCUT2D eigenvalue weighted by molar-refractivity contribution is -0.139. The molecule has 0 radical (unpaired) electrons. The zero-order chi connectivity index (χ0) is 16.4. The quantitative estimate of drug-likeness (QED) is 0.782. The number of imidazole rings is 1. The van der Waals surface area contributed by atoms with Crippen molar-refractivity contribution in [3.05, 3.63) is 54.1 Å². The van der Waals surface area contributed by atoms with E-state index in [0.717, 1.165) is 31.8 Å². The molecule has 2 fully saturated rings. The van der Waals surface area contributed by atoms with Crippen molar-refractivity contribution in [2.45, 2.75) is 45.2 Å². The molecule has 1 aromatic heterocycles. The van der Waals surface area contributed by atoms with Gasteiger partial charge in [-0.15, -0.1) is 0 Å². The number of nitrogens with zero attached hydrogens (tertiary/aromatic N) is 3. The minimum Gasteiger partial charge on any atom is -0.335 e. The highest BCUT2D eigenvalue weighted by Gasteiger charge is 2.33. The Morgan fingerprint density at radius 2 is 1.96 bits per heavy atom. The van der Waals surface area contributed by atoms with E-state index < -0.39 is 0 Å². The van der Waals surface area contributed by atoms with Gasteiger partial charge in [-0.3, -0.25) is 4.79 Å². The van der Waals surface area contributed by atoms with Gasteiger partial charge in [-0.05, 0) is 37.2 Å². The van der Waals surface area contributed by atoms with Crippen molar-refractivity contribution >= 4 is 5.91 Å². The van der Waals surface area contributed by atoms with Gasteiger partial charge in [-0.1, -0.05) is 36.8 Å². The molecule has 2 aliphatic carbocycles. The number of hydrogen-bond acceptors (Lipinski definition) is 2. The van der Waals surface area contributed by atoms with E-state index in [0.29, 0.717) is 18.4 Å². The molecule has 2 saturated carbocycles. The van der Waals surface area contributed by atoms with Crippen LogP contribution < -0.4 is 0 Å². The molecular formula is C20H25N3O. The summed E-state index contributed by atoms with van der Waals surface area (Å²) < 4.78 is 2.17. The average Bonchev–Trinajstić information content (AvgIpc) is 3.26.